The van der Waals surface area contributed by atoms with Gasteiger partial charge in [0.15, 0.2) is 0 Å². The van der Waals surface area contributed by atoms with Gasteiger partial charge >= 0.3 is 0 Å². The molecule has 1 aliphatic carbocycles. The van der Waals surface area contributed by atoms with Gasteiger partial charge in [0.1, 0.15) is 22.6 Å². The maximum atomic E-state index is 14.0. The molecule has 0 spiro atoms. The van der Waals surface area contributed by atoms with Crippen molar-refractivity contribution in [3.05, 3.63) is 51.7 Å². The molecule has 1 unspecified atom stereocenters. The van der Waals surface area contributed by atoms with Crippen LogP contribution >= 0.6 is 11.3 Å². The van der Waals surface area contributed by atoms with Crippen LogP contribution in [-0.4, -0.2) is 53.0 Å². The van der Waals surface area contributed by atoms with Gasteiger partial charge in [0.25, 0.3) is 0 Å². The number of hydrogen-bond acceptors (Lipinski definition) is 6. The van der Waals surface area contributed by atoms with E-state index in [0.29, 0.717) is 17.1 Å². The van der Waals surface area contributed by atoms with Crippen LogP contribution in [0.25, 0.3) is 0 Å². The number of likely N-dealkylation sites (tertiary alicyclic amines) is 1. The molecular formula is C29H37FN4O4S. The van der Waals surface area contributed by atoms with Gasteiger partial charge in [-0.15, -0.1) is 11.3 Å². The summed E-state index contributed by atoms with van der Waals surface area (Å²) in [6.45, 7) is 3.98. The lowest BCUT2D eigenvalue weighted by Gasteiger charge is -2.35. The smallest absolute Gasteiger partial charge is 0.246 e. The Kier molecular flexibility index (Phi) is 9.48. The number of rotatable bonds is 9. The number of amides is 3. The van der Waals surface area contributed by atoms with Crippen LogP contribution in [0.3, 0.4) is 0 Å². The molecule has 39 heavy (non-hydrogen) atoms. The molecule has 2 N–H and O–H groups in total. The van der Waals surface area contributed by atoms with Gasteiger partial charge in [0, 0.05) is 36.4 Å². The number of ketones is 1. The molecule has 2 heterocycles. The van der Waals surface area contributed by atoms with Crippen molar-refractivity contribution >= 4 is 34.8 Å². The van der Waals surface area contributed by atoms with Crippen LogP contribution in [0.15, 0.2) is 29.6 Å². The number of benzene rings is 1. The van der Waals surface area contributed by atoms with E-state index in [4.69, 9.17) is 0 Å². The normalized spacial score (nSPS) is 20.2. The van der Waals surface area contributed by atoms with Crippen LogP contribution in [0.5, 0.6) is 0 Å². The molecule has 4 rings (SSSR count). The fourth-order valence-corrected chi connectivity index (χ4v) is 6.52. The molecule has 1 aromatic carbocycles. The number of carbonyl (C=O) groups excluding carboxylic acids is 4. The zero-order valence-corrected chi connectivity index (χ0v) is 23.6. The Morgan fingerprint density at radius 3 is 2.31 bits per heavy atom. The van der Waals surface area contributed by atoms with E-state index in [2.05, 4.69) is 15.6 Å². The number of nitrogens with zero attached hydrogens (tertiary/aromatic N) is 2. The van der Waals surface area contributed by atoms with Gasteiger partial charge in [-0.25, -0.2) is 9.37 Å². The van der Waals surface area contributed by atoms with Crippen molar-refractivity contribution in [1.82, 2.24) is 20.5 Å². The first kappa shape index (κ1) is 28.9. The van der Waals surface area contributed by atoms with E-state index < -0.39 is 23.7 Å². The summed E-state index contributed by atoms with van der Waals surface area (Å²) < 4.78 is 13.3. The summed E-state index contributed by atoms with van der Waals surface area (Å²) in [4.78, 5) is 58.7. The molecule has 2 aliphatic rings. The van der Waals surface area contributed by atoms with Crippen LogP contribution in [-0.2, 0) is 14.4 Å². The summed E-state index contributed by atoms with van der Waals surface area (Å²) in [5.74, 6) is -2.42. The zero-order chi connectivity index (χ0) is 28.1. The average molecular weight is 557 g/mol. The SMILES string of the molecule is CNC(=O)C(C)[C@H](C)C(=O)N[C@H](C(=O)N1CCC[C@H]1c1nc(C(=O)c2ccc(F)cc2)cs1)C1CCCCC1. The van der Waals surface area contributed by atoms with E-state index in [-0.39, 0.29) is 41.2 Å². The van der Waals surface area contributed by atoms with Crippen LogP contribution in [0.1, 0.15) is 85.9 Å². The van der Waals surface area contributed by atoms with Gasteiger partial charge < -0.3 is 15.5 Å². The summed E-state index contributed by atoms with van der Waals surface area (Å²) in [7, 11) is 1.54. The zero-order valence-electron chi connectivity index (χ0n) is 22.7. The highest BCUT2D eigenvalue weighted by Crippen LogP contribution is 2.36. The molecule has 4 atom stereocenters. The van der Waals surface area contributed by atoms with Crippen molar-refractivity contribution in [2.24, 2.45) is 17.8 Å². The van der Waals surface area contributed by atoms with E-state index in [1.807, 2.05) is 0 Å². The van der Waals surface area contributed by atoms with Gasteiger partial charge in [0.2, 0.25) is 23.5 Å². The quantitative estimate of drug-likeness (QED) is 0.449. The maximum absolute atomic E-state index is 14.0. The van der Waals surface area contributed by atoms with Crippen molar-refractivity contribution in [2.45, 2.75) is 70.9 Å². The fraction of sp³-hybridized carbons (Fsp3) is 0.552. The molecule has 10 heteroatoms. The lowest BCUT2D eigenvalue weighted by atomic mass is 9.82. The highest BCUT2D eigenvalue weighted by Gasteiger charge is 2.40. The third-order valence-corrected chi connectivity index (χ3v) is 9.14. The largest absolute Gasteiger partial charge is 0.359 e. The Morgan fingerprint density at radius 2 is 1.64 bits per heavy atom. The molecule has 1 aromatic heterocycles. The summed E-state index contributed by atoms with van der Waals surface area (Å²) in [6.07, 6.45) is 6.39. The van der Waals surface area contributed by atoms with Gasteiger partial charge in [-0.1, -0.05) is 33.1 Å². The predicted molar refractivity (Wildman–Crippen MR) is 147 cm³/mol. The number of hydrogen-bond donors (Lipinski definition) is 2. The van der Waals surface area contributed by atoms with Crippen molar-refractivity contribution in [3.8, 4) is 0 Å². The van der Waals surface area contributed by atoms with Crippen molar-refractivity contribution in [2.75, 3.05) is 13.6 Å². The number of halogens is 1. The maximum Gasteiger partial charge on any atom is 0.246 e. The van der Waals surface area contributed by atoms with Crippen molar-refractivity contribution in [1.29, 1.82) is 0 Å². The predicted octanol–water partition coefficient (Wildman–Crippen LogP) is 4.26. The minimum atomic E-state index is -0.669. The molecule has 1 aliphatic heterocycles. The summed E-state index contributed by atoms with van der Waals surface area (Å²) in [5.41, 5.74) is 0.628. The Labute approximate surface area is 232 Å². The lowest BCUT2D eigenvalue weighted by molar-refractivity contribution is -0.141. The monoisotopic (exact) mass is 556 g/mol. The molecule has 0 bridgehead atoms. The third kappa shape index (κ3) is 6.54. The Bertz CT molecular complexity index is 1190. The van der Waals surface area contributed by atoms with Gasteiger partial charge in [-0.3, -0.25) is 19.2 Å². The fourth-order valence-electron chi connectivity index (χ4n) is 5.58. The van der Waals surface area contributed by atoms with Crippen LogP contribution in [0, 0.1) is 23.6 Å². The summed E-state index contributed by atoms with van der Waals surface area (Å²) >= 11 is 1.34. The van der Waals surface area contributed by atoms with Crippen molar-refractivity contribution < 1.29 is 23.6 Å². The van der Waals surface area contributed by atoms with E-state index in [1.165, 1.54) is 35.6 Å². The molecule has 2 fully saturated rings. The Hall–Kier alpha value is -3.14. The van der Waals surface area contributed by atoms with Gasteiger partial charge in [-0.2, -0.15) is 0 Å². The molecular weight excluding hydrogens is 519 g/mol. The number of nitrogens with one attached hydrogen (secondary N) is 2. The van der Waals surface area contributed by atoms with E-state index in [9.17, 15) is 23.6 Å². The van der Waals surface area contributed by atoms with Crippen molar-refractivity contribution in [3.63, 3.8) is 0 Å². The Balaban J connectivity index is 1.53. The number of aromatic nitrogens is 1. The lowest BCUT2D eigenvalue weighted by Crippen LogP contribution is -2.54. The second kappa shape index (κ2) is 12.8. The second-order valence-electron chi connectivity index (χ2n) is 10.7. The molecule has 0 radical (unpaired) electrons. The molecule has 1 saturated heterocycles. The van der Waals surface area contributed by atoms with Gasteiger partial charge in [-0.05, 0) is 55.9 Å². The highest BCUT2D eigenvalue weighted by atomic mass is 32.1. The first-order valence-corrected chi connectivity index (χ1v) is 14.7. The van der Waals surface area contributed by atoms with Gasteiger partial charge in [0.05, 0.1) is 6.04 Å². The van der Waals surface area contributed by atoms with E-state index >= 15 is 0 Å². The standard InChI is InChI=1S/C29H37FN4O4S/c1-17(26(36)31-3)18(2)27(37)33-24(19-8-5-4-6-9-19)29(38)34-15-7-10-23(34)28-32-22(16-39-28)25(35)20-11-13-21(30)14-12-20/h11-14,16-19,23-24H,4-10,15H2,1-3H3,(H,31,36)(H,33,37)/t17?,18-,23-,24-/m0/s1. The minimum Gasteiger partial charge on any atom is -0.359 e. The topological polar surface area (TPSA) is 108 Å². The average Bonchev–Trinajstić information content (AvgIpc) is 3.65. The molecule has 8 nitrogen and oxygen atoms in total. The van der Waals surface area contributed by atoms with E-state index in [1.54, 1.807) is 31.2 Å². The summed E-state index contributed by atoms with van der Waals surface area (Å²) in [6, 6.07) is 4.42. The molecule has 210 valence electrons. The van der Waals surface area contributed by atoms with Crippen LogP contribution in [0.2, 0.25) is 0 Å². The van der Waals surface area contributed by atoms with Crippen LogP contribution < -0.4 is 10.6 Å². The Morgan fingerprint density at radius 1 is 0.974 bits per heavy atom. The highest BCUT2D eigenvalue weighted by molar-refractivity contribution is 7.10. The summed E-state index contributed by atoms with van der Waals surface area (Å²) in [5, 5.41) is 7.99. The molecule has 2 aromatic rings. The third-order valence-electron chi connectivity index (χ3n) is 8.19. The van der Waals surface area contributed by atoms with E-state index in [0.717, 1.165) is 44.9 Å². The first-order valence-electron chi connectivity index (χ1n) is 13.8. The first-order chi connectivity index (χ1) is 18.7. The van der Waals surface area contributed by atoms with Crippen LogP contribution in [0.4, 0.5) is 4.39 Å². The second-order valence-corrected chi connectivity index (χ2v) is 11.6. The molecule has 1 saturated carbocycles. The number of carbonyl (C=O) groups is 4. The number of thiazole rings is 1. The minimum absolute atomic E-state index is 0.0332. The molecule has 3 amide bonds.